The van der Waals surface area contributed by atoms with E-state index < -0.39 is 0 Å². The first-order valence-corrected chi connectivity index (χ1v) is 10.8. The SMILES string of the molecule is Cc1cc(C(=O)CSc2nnc(-c3ccc(Cl)cc3)n2C)c(C)n1Cc1ccco1. The van der Waals surface area contributed by atoms with E-state index in [0.717, 1.165) is 34.1 Å². The van der Waals surface area contributed by atoms with Gasteiger partial charge < -0.3 is 13.6 Å². The number of Topliss-reactive ketones (excluding diaryl/α,β-unsaturated/α-hetero) is 1. The molecule has 0 saturated heterocycles. The lowest BCUT2D eigenvalue weighted by Crippen LogP contribution is -2.08. The van der Waals surface area contributed by atoms with Crippen molar-refractivity contribution in [1.82, 2.24) is 19.3 Å². The molecule has 30 heavy (non-hydrogen) atoms. The van der Waals surface area contributed by atoms with Gasteiger partial charge in [-0.1, -0.05) is 23.4 Å². The van der Waals surface area contributed by atoms with Crippen molar-refractivity contribution in [3.63, 3.8) is 0 Å². The molecule has 8 heteroatoms. The number of ketones is 1. The van der Waals surface area contributed by atoms with E-state index in [4.69, 9.17) is 16.0 Å². The minimum atomic E-state index is 0.0647. The Bertz CT molecular complexity index is 1180. The van der Waals surface area contributed by atoms with Gasteiger partial charge in [-0.05, 0) is 56.3 Å². The van der Waals surface area contributed by atoms with E-state index in [-0.39, 0.29) is 11.5 Å². The Labute approximate surface area is 183 Å². The van der Waals surface area contributed by atoms with Crippen LogP contribution < -0.4 is 0 Å². The predicted molar refractivity (Wildman–Crippen MR) is 118 cm³/mol. The zero-order valence-corrected chi connectivity index (χ0v) is 18.5. The fraction of sp³-hybridized carbons (Fsp3) is 0.227. The Morgan fingerprint density at radius 2 is 1.93 bits per heavy atom. The van der Waals surface area contributed by atoms with Crippen LogP contribution in [0.4, 0.5) is 0 Å². The molecule has 3 aromatic heterocycles. The Morgan fingerprint density at radius 1 is 1.17 bits per heavy atom. The molecule has 0 saturated carbocycles. The van der Waals surface area contributed by atoms with Crippen LogP contribution in [0, 0.1) is 13.8 Å². The average Bonchev–Trinajstić information content (AvgIpc) is 3.44. The van der Waals surface area contributed by atoms with Crippen LogP contribution in [0.3, 0.4) is 0 Å². The number of hydrogen-bond donors (Lipinski definition) is 0. The largest absolute Gasteiger partial charge is 0.467 e. The Kier molecular flexibility index (Phi) is 5.83. The summed E-state index contributed by atoms with van der Waals surface area (Å²) in [5.41, 5.74) is 3.62. The molecule has 1 aromatic carbocycles. The highest BCUT2D eigenvalue weighted by atomic mass is 35.5. The second-order valence-corrected chi connectivity index (χ2v) is 8.41. The summed E-state index contributed by atoms with van der Waals surface area (Å²) in [6, 6.07) is 13.2. The van der Waals surface area contributed by atoms with Gasteiger partial charge in [0.05, 0.1) is 18.6 Å². The summed E-state index contributed by atoms with van der Waals surface area (Å²) in [6.45, 7) is 4.58. The lowest BCUT2D eigenvalue weighted by Gasteiger charge is -2.08. The molecule has 0 spiro atoms. The van der Waals surface area contributed by atoms with E-state index in [2.05, 4.69) is 14.8 Å². The highest BCUT2D eigenvalue weighted by Crippen LogP contribution is 2.25. The molecule has 0 unspecified atom stereocenters. The van der Waals surface area contributed by atoms with E-state index in [9.17, 15) is 4.79 Å². The number of aryl methyl sites for hydroxylation is 1. The number of rotatable bonds is 7. The van der Waals surface area contributed by atoms with Crippen molar-refractivity contribution < 1.29 is 9.21 Å². The van der Waals surface area contributed by atoms with Crippen LogP contribution in [-0.4, -0.2) is 30.9 Å². The van der Waals surface area contributed by atoms with Crippen molar-refractivity contribution in [2.24, 2.45) is 7.05 Å². The summed E-state index contributed by atoms with van der Waals surface area (Å²) in [4.78, 5) is 12.9. The molecule has 154 valence electrons. The number of hydrogen-bond acceptors (Lipinski definition) is 5. The molecule has 4 rings (SSSR count). The number of carbonyl (C=O) groups is 1. The number of benzene rings is 1. The third-order valence-electron chi connectivity index (χ3n) is 5.04. The van der Waals surface area contributed by atoms with E-state index >= 15 is 0 Å². The molecule has 4 aromatic rings. The van der Waals surface area contributed by atoms with Crippen LogP contribution in [0.25, 0.3) is 11.4 Å². The quantitative estimate of drug-likeness (QED) is 0.293. The molecule has 0 fully saturated rings. The summed E-state index contributed by atoms with van der Waals surface area (Å²) in [5.74, 6) is 1.95. The number of aromatic nitrogens is 4. The number of nitrogens with zero attached hydrogens (tertiary/aromatic N) is 4. The van der Waals surface area contributed by atoms with Gasteiger partial charge in [-0.2, -0.15) is 0 Å². The molecule has 0 aliphatic rings. The van der Waals surface area contributed by atoms with Crippen molar-refractivity contribution >= 4 is 29.1 Å². The van der Waals surface area contributed by atoms with E-state index in [1.807, 2.05) is 67.9 Å². The molecule has 0 N–H and O–H groups in total. The van der Waals surface area contributed by atoms with Crippen molar-refractivity contribution in [3.8, 4) is 11.4 Å². The highest BCUT2D eigenvalue weighted by Gasteiger charge is 2.18. The van der Waals surface area contributed by atoms with E-state index in [0.29, 0.717) is 16.7 Å². The minimum absolute atomic E-state index is 0.0647. The first-order valence-electron chi connectivity index (χ1n) is 9.44. The molecule has 0 atom stereocenters. The lowest BCUT2D eigenvalue weighted by atomic mass is 10.2. The van der Waals surface area contributed by atoms with Crippen LogP contribution in [0.1, 0.15) is 27.5 Å². The number of carbonyl (C=O) groups excluding carboxylic acids is 1. The van der Waals surface area contributed by atoms with Crippen molar-refractivity contribution in [3.05, 3.63) is 76.5 Å². The molecular weight excluding hydrogens is 420 g/mol. The number of thioether (sulfide) groups is 1. The first kappa shape index (κ1) is 20.5. The van der Waals surface area contributed by atoms with Gasteiger partial charge in [0.2, 0.25) is 0 Å². The van der Waals surface area contributed by atoms with Gasteiger partial charge in [0.15, 0.2) is 16.8 Å². The zero-order valence-electron chi connectivity index (χ0n) is 16.9. The highest BCUT2D eigenvalue weighted by molar-refractivity contribution is 7.99. The molecule has 0 radical (unpaired) electrons. The van der Waals surface area contributed by atoms with Crippen molar-refractivity contribution in [1.29, 1.82) is 0 Å². The smallest absolute Gasteiger partial charge is 0.191 e. The van der Waals surface area contributed by atoms with E-state index in [1.165, 1.54) is 11.8 Å². The average molecular weight is 441 g/mol. The Balaban J connectivity index is 1.47. The van der Waals surface area contributed by atoms with Crippen LogP contribution in [-0.2, 0) is 13.6 Å². The summed E-state index contributed by atoms with van der Waals surface area (Å²) >= 11 is 7.34. The molecule has 0 aliphatic heterocycles. The maximum absolute atomic E-state index is 12.9. The molecule has 3 heterocycles. The maximum Gasteiger partial charge on any atom is 0.191 e. The lowest BCUT2D eigenvalue weighted by molar-refractivity contribution is 0.102. The zero-order chi connectivity index (χ0) is 21.3. The first-order chi connectivity index (χ1) is 14.4. The summed E-state index contributed by atoms with van der Waals surface area (Å²) in [7, 11) is 1.89. The third kappa shape index (κ3) is 4.08. The normalized spacial score (nSPS) is 11.2. The van der Waals surface area contributed by atoms with Crippen LogP contribution in [0.15, 0.2) is 58.3 Å². The van der Waals surface area contributed by atoms with Crippen molar-refractivity contribution in [2.45, 2.75) is 25.5 Å². The fourth-order valence-electron chi connectivity index (χ4n) is 3.38. The second-order valence-electron chi connectivity index (χ2n) is 7.03. The summed E-state index contributed by atoms with van der Waals surface area (Å²) in [6.07, 6.45) is 1.66. The molecular formula is C22H21ClN4O2S. The van der Waals surface area contributed by atoms with Gasteiger partial charge in [0.25, 0.3) is 0 Å². The number of furan rings is 1. The third-order valence-corrected chi connectivity index (χ3v) is 6.31. The molecule has 6 nitrogen and oxygen atoms in total. The standard InChI is InChI=1S/C22H21ClN4O2S/c1-14-11-19(15(2)27(14)12-18-5-4-10-29-18)20(28)13-30-22-25-24-21(26(22)3)16-6-8-17(23)9-7-16/h4-11H,12-13H2,1-3H3. The molecule has 0 aliphatic carbocycles. The van der Waals surface area contributed by atoms with Gasteiger partial charge in [0, 0.05) is 34.6 Å². The topological polar surface area (TPSA) is 65.8 Å². The van der Waals surface area contributed by atoms with Gasteiger partial charge >= 0.3 is 0 Å². The predicted octanol–water partition coefficient (Wildman–Crippen LogP) is 5.17. The van der Waals surface area contributed by atoms with Crippen LogP contribution >= 0.6 is 23.4 Å². The molecule has 0 amide bonds. The minimum Gasteiger partial charge on any atom is -0.467 e. The van der Waals surface area contributed by atoms with Gasteiger partial charge in [-0.15, -0.1) is 10.2 Å². The Morgan fingerprint density at radius 3 is 2.63 bits per heavy atom. The van der Waals surface area contributed by atoms with Gasteiger partial charge in [0.1, 0.15) is 5.76 Å². The van der Waals surface area contributed by atoms with Crippen molar-refractivity contribution in [2.75, 3.05) is 5.75 Å². The van der Waals surface area contributed by atoms with E-state index in [1.54, 1.807) is 6.26 Å². The summed E-state index contributed by atoms with van der Waals surface area (Å²) in [5, 5.41) is 9.88. The fourth-order valence-corrected chi connectivity index (χ4v) is 4.30. The second kappa shape index (κ2) is 8.53. The monoisotopic (exact) mass is 440 g/mol. The molecule has 0 bridgehead atoms. The Hall–Kier alpha value is -2.77. The maximum atomic E-state index is 12.9. The summed E-state index contributed by atoms with van der Waals surface area (Å²) < 4.78 is 9.43. The van der Waals surface area contributed by atoms with Crippen LogP contribution in [0.2, 0.25) is 5.02 Å². The van der Waals surface area contributed by atoms with Gasteiger partial charge in [-0.25, -0.2) is 0 Å². The number of halogens is 1. The van der Waals surface area contributed by atoms with Gasteiger partial charge in [-0.3, -0.25) is 4.79 Å². The van der Waals surface area contributed by atoms with Crippen LogP contribution in [0.5, 0.6) is 0 Å².